The zero-order valence-corrected chi connectivity index (χ0v) is 6.77. The van der Waals surface area contributed by atoms with Crippen LogP contribution in [0.4, 0.5) is 5.69 Å². The molecule has 0 aliphatic heterocycles. The fourth-order valence-corrected chi connectivity index (χ4v) is 0.957. The third kappa shape index (κ3) is 1.34. The molecule has 0 aliphatic carbocycles. The fraction of sp³-hybridized carbons (Fsp3) is 0.286. The Morgan fingerprint density at radius 3 is 2.58 bits per heavy atom. The monoisotopic (exact) mass is 168 g/mol. The van der Waals surface area contributed by atoms with Crippen LogP contribution in [-0.4, -0.2) is 4.92 Å². The molecule has 0 fully saturated rings. The minimum atomic E-state index is -0.566. The van der Waals surface area contributed by atoms with Crippen molar-refractivity contribution in [2.24, 2.45) is 0 Å². The quantitative estimate of drug-likeness (QED) is 0.270. The average Bonchev–Trinajstić information content (AvgIpc) is 1.96. The smallest absolute Gasteiger partial charge is 0.336 e. The van der Waals surface area contributed by atoms with Crippen LogP contribution < -0.4 is 4.73 Å². The second kappa shape index (κ2) is 2.77. The lowest BCUT2D eigenvalue weighted by atomic mass is 10.2. The molecule has 0 amide bonds. The van der Waals surface area contributed by atoms with E-state index in [9.17, 15) is 15.3 Å². The summed E-state index contributed by atoms with van der Waals surface area (Å²) in [5.41, 5.74) is 0.818. The van der Waals surface area contributed by atoms with Crippen LogP contribution in [0.5, 0.6) is 0 Å². The minimum absolute atomic E-state index is 0.143. The molecular weight excluding hydrogens is 160 g/mol. The largest absolute Gasteiger partial charge is 0.618 e. The van der Waals surface area contributed by atoms with Crippen molar-refractivity contribution in [3.8, 4) is 0 Å². The highest BCUT2D eigenvalue weighted by atomic mass is 16.6. The molecule has 64 valence electrons. The van der Waals surface area contributed by atoms with Crippen molar-refractivity contribution in [1.82, 2.24) is 0 Å². The molecular formula is C7H8N2O3. The molecule has 0 aliphatic rings. The van der Waals surface area contributed by atoms with Gasteiger partial charge in [0.15, 0.2) is 5.69 Å². The Balaban J connectivity index is 3.33. The van der Waals surface area contributed by atoms with Gasteiger partial charge in [0.2, 0.25) is 0 Å². The van der Waals surface area contributed by atoms with Gasteiger partial charge in [0.25, 0.3) is 6.20 Å². The number of hydrogen-bond donors (Lipinski definition) is 0. The first-order valence-electron chi connectivity index (χ1n) is 3.37. The predicted octanol–water partition coefficient (Wildman–Crippen LogP) is 0.845. The third-order valence-electron chi connectivity index (χ3n) is 1.61. The topological polar surface area (TPSA) is 70.1 Å². The summed E-state index contributed by atoms with van der Waals surface area (Å²) in [6.07, 6.45) is 0.977. The highest BCUT2D eigenvalue weighted by molar-refractivity contribution is 5.34. The van der Waals surface area contributed by atoms with E-state index in [4.69, 9.17) is 0 Å². The van der Waals surface area contributed by atoms with E-state index < -0.39 is 4.92 Å². The van der Waals surface area contributed by atoms with Gasteiger partial charge in [-0.25, -0.2) is 0 Å². The van der Waals surface area contributed by atoms with Crippen LogP contribution in [0.2, 0.25) is 0 Å². The summed E-state index contributed by atoms with van der Waals surface area (Å²) < 4.78 is 0.491. The lowest BCUT2D eigenvalue weighted by molar-refractivity contribution is -0.616. The summed E-state index contributed by atoms with van der Waals surface area (Å²) in [5.74, 6) is 0. The molecule has 0 radical (unpaired) electrons. The van der Waals surface area contributed by atoms with Gasteiger partial charge in [0.1, 0.15) is 0 Å². The first-order chi connectivity index (χ1) is 5.52. The number of hydrogen-bond acceptors (Lipinski definition) is 3. The third-order valence-corrected chi connectivity index (χ3v) is 1.61. The number of nitrogens with zero attached hydrogens (tertiary/aromatic N) is 2. The van der Waals surface area contributed by atoms with Gasteiger partial charge in [-0.1, -0.05) is 0 Å². The maximum atomic E-state index is 10.9. The van der Waals surface area contributed by atoms with Crippen molar-refractivity contribution in [2.75, 3.05) is 0 Å². The Morgan fingerprint density at radius 2 is 2.08 bits per heavy atom. The van der Waals surface area contributed by atoms with Gasteiger partial charge in [-0.15, -0.1) is 0 Å². The normalized spacial score (nSPS) is 9.83. The van der Waals surface area contributed by atoms with E-state index in [-0.39, 0.29) is 5.69 Å². The van der Waals surface area contributed by atoms with Gasteiger partial charge < -0.3 is 5.21 Å². The minimum Gasteiger partial charge on any atom is -0.618 e. The molecule has 1 aromatic rings. The number of aryl methyl sites for hydroxylation is 2. The van der Waals surface area contributed by atoms with Crippen molar-refractivity contribution in [3.63, 3.8) is 0 Å². The lowest BCUT2D eigenvalue weighted by Crippen LogP contribution is -2.29. The molecule has 1 rings (SSSR count). The molecule has 1 aromatic heterocycles. The van der Waals surface area contributed by atoms with Crippen molar-refractivity contribution in [3.05, 3.63) is 38.8 Å². The Kier molecular flexibility index (Phi) is 1.95. The van der Waals surface area contributed by atoms with Gasteiger partial charge in [-0.2, -0.15) is 4.73 Å². The number of nitro groups is 1. The lowest BCUT2D eigenvalue weighted by Gasteiger charge is -2.00. The Labute approximate surface area is 69.0 Å². The summed E-state index contributed by atoms with van der Waals surface area (Å²) in [6.45, 7) is 3.20. The van der Waals surface area contributed by atoms with Crippen LogP contribution in [-0.2, 0) is 0 Å². The molecule has 0 unspecified atom stereocenters. The molecule has 0 aromatic carbocycles. The average molecular weight is 168 g/mol. The van der Waals surface area contributed by atoms with E-state index in [1.54, 1.807) is 13.8 Å². The Morgan fingerprint density at radius 1 is 1.50 bits per heavy atom. The van der Waals surface area contributed by atoms with Crippen molar-refractivity contribution in [1.29, 1.82) is 0 Å². The molecule has 0 bridgehead atoms. The van der Waals surface area contributed by atoms with Gasteiger partial charge in [0.05, 0.1) is 4.92 Å². The van der Waals surface area contributed by atoms with Crippen molar-refractivity contribution >= 4 is 5.69 Å². The predicted molar refractivity (Wildman–Crippen MR) is 41.5 cm³/mol. The van der Waals surface area contributed by atoms with Gasteiger partial charge in [-0.05, 0) is 6.92 Å². The summed E-state index contributed by atoms with van der Waals surface area (Å²) in [4.78, 5) is 9.77. The van der Waals surface area contributed by atoms with Crippen molar-refractivity contribution < 1.29 is 9.65 Å². The molecule has 0 N–H and O–H groups in total. The van der Waals surface area contributed by atoms with Crippen LogP contribution in [0.15, 0.2) is 12.3 Å². The highest BCUT2D eigenvalue weighted by Gasteiger charge is 2.16. The summed E-state index contributed by atoms with van der Waals surface area (Å²) >= 11 is 0. The number of rotatable bonds is 1. The zero-order chi connectivity index (χ0) is 9.30. The SMILES string of the molecule is Cc1cc(C)[n+]([O-])cc1[N+](=O)[O-]. The molecule has 5 heteroatoms. The summed E-state index contributed by atoms with van der Waals surface area (Å²) in [7, 11) is 0. The highest BCUT2D eigenvalue weighted by Crippen LogP contribution is 2.14. The molecule has 12 heavy (non-hydrogen) atoms. The second-order valence-electron chi connectivity index (χ2n) is 2.57. The van der Waals surface area contributed by atoms with E-state index in [0.717, 1.165) is 6.20 Å². The molecule has 0 spiro atoms. The molecule has 5 nitrogen and oxygen atoms in total. The van der Waals surface area contributed by atoms with E-state index >= 15 is 0 Å². The van der Waals surface area contributed by atoms with Crippen LogP contribution in [0.1, 0.15) is 11.3 Å². The van der Waals surface area contributed by atoms with E-state index in [2.05, 4.69) is 0 Å². The Hall–Kier alpha value is -1.65. The van der Waals surface area contributed by atoms with Gasteiger partial charge in [0, 0.05) is 18.6 Å². The maximum absolute atomic E-state index is 10.9. The molecule has 1 heterocycles. The zero-order valence-electron chi connectivity index (χ0n) is 6.77. The van der Waals surface area contributed by atoms with Gasteiger partial charge in [-0.3, -0.25) is 10.1 Å². The second-order valence-corrected chi connectivity index (χ2v) is 2.57. The molecule has 0 saturated heterocycles. The van der Waals surface area contributed by atoms with E-state index in [0.29, 0.717) is 16.0 Å². The molecule has 0 saturated carbocycles. The van der Waals surface area contributed by atoms with Crippen LogP contribution in [0.3, 0.4) is 0 Å². The maximum Gasteiger partial charge on any atom is 0.336 e. The standard InChI is InChI=1S/C7H8N2O3/c1-5-3-6(2)8(10)4-7(5)9(11)12/h3-4H,1-2H3. The first-order valence-corrected chi connectivity index (χ1v) is 3.37. The summed E-state index contributed by atoms with van der Waals surface area (Å²) in [6, 6.07) is 1.49. The van der Waals surface area contributed by atoms with Crippen molar-refractivity contribution in [2.45, 2.75) is 13.8 Å². The summed E-state index contributed by atoms with van der Waals surface area (Å²) in [5, 5.41) is 21.2. The van der Waals surface area contributed by atoms with Gasteiger partial charge >= 0.3 is 5.69 Å². The van der Waals surface area contributed by atoms with Crippen LogP contribution in [0, 0.1) is 29.2 Å². The number of pyridine rings is 1. The Bertz CT molecular complexity index is 336. The van der Waals surface area contributed by atoms with E-state index in [1.165, 1.54) is 6.07 Å². The van der Waals surface area contributed by atoms with Crippen LogP contribution >= 0.6 is 0 Å². The van der Waals surface area contributed by atoms with E-state index in [1.807, 2.05) is 0 Å². The number of aromatic nitrogens is 1. The first kappa shape index (κ1) is 8.45. The fourth-order valence-electron chi connectivity index (χ4n) is 0.957. The molecule has 0 atom stereocenters. The van der Waals surface area contributed by atoms with Crippen LogP contribution in [0.25, 0.3) is 0 Å².